The summed E-state index contributed by atoms with van der Waals surface area (Å²) < 4.78 is 0. The lowest BCUT2D eigenvalue weighted by Gasteiger charge is -2.21. The second kappa shape index (κ2) is 6.76. The van der Waals surface area contributed by atoms with Crippen LogP contribution >= 0.6 is 0 Å². The Morgan fingerprint density at radius 1 is 1.24 bits per heavy atom. The van der Waals surface area contributed by atoms with Crippen LogP contribution in [0.15, 0.2) is 30.5 Å². The number of H-pyrrole nitrogens is 1. The van der Waals surface area contributed by atoms with Gasteiger partial charge in [-0.15, -0.1) is 0 Å². The maximum Gasteiger partial charge on any atom is 0.220 e. The molecule has 3 rings (SSSR count). The molecule has 1 saturated heterocycles. The molecule has 0 bridgehead atoms. The Kier molecular flexibility index (Phi) is 4.55. The molecule has 1 aliphatic rings. The largest absolute Gasteiger partial charge is 0.361 e. The summed E-state index contributed by atoms with van der Waals surface area (Å²) in [5.41, 5.74) is 2.43. The van der Waals surface area contributed by atoms with Gasteiger partial charge in [-0.1, -0.05) is 18.2 Å². The molecule has 1 aliphatic heterocycles. The second-order valence-electron chi connectivity index (χ2n) is 5.86. The Labute approximate surface area is 125 Å². The van der Waals surface area contributed by atoms with E-state index in [9.17, 15) is 4.79 Å². The zero-order valence-corrected chi connectivity index (χ0v) is 12.3. The van der Waals surface area contributed by atoms with Crippen molar-refractivity contribution in [3.63, 3.8) is 0 Å². The van der Waals surface area contributed by atoms with Crippen molar-refractivity contribution in [3.8, 4) is 0 Å². The summed E-state index contributed by atoms with van der Waals surface area (Å²) in [6.07, 6.45) is 5.84. The van der Waals surface area contributed by atoms with Gasteiger partial charge in [-0.2, -0.15) is 0 Å². The SMILES string of the molecule is O=C(CC1CCNCC1)NCCc1c[nH]c2ccccc12. The van der Waals surface area contributed by atoms with Crippen LogP contribution in [-0.2, 0) is 11.2 Å². The Balaban J connectivity index is 1.46. The van der Waals surface area contributed by atoms with E-state index in [1.54, 1.807) is 0 Å². The third-order valence-corrected chi connectivity index (χ3v) is 4.32. The highest BCUT2D eigenvalue weighted by atomic mass is 16.1. The van der Waals surface area contributed by atoms with E-state index >= 15 is 0 Å². The standard InChI is InChI=1S/C17H23N3O/c21-17(11-13-5-8-18-9-6-13)19-10-7-14-12-20-16-4-2-1-3-15(14)16/h1-4,12-13,18,20H,5-11H2,(H,19,21). The Bertz CT molecular complexity index is 599. The topological polar surface area (TPSA) is 56.9 Å². The lowest BCUT2D eigenvalue weighted by atomic mass is 9.94. The predicted octanol–water partition coefficient (Wildman–Crippen LogP) is 2.22. The van der Waals surface area contributed by atoms with Gasteiger partial charge in [0.2, 0.25) is 5.91 Å². The van der Waals surface area contributed by atoms with Gasteiger partial charge in [0.05, 0.1) is 0 Å². The molecule has 0 aliphatic carbocycles. The minimum absolute atomic E-state index is 0.196. The summed E-state index contributed by atoms with van der Waals surface area (Å²) in [6.45, 7) is 2.81. The number of rotatable bonds is 5. The van der Waals surface area contributed by atoms with Crippen LogP contribution in [-0.4, -0.2) is 30.5 Å². The molecular weight excluding hydrogens is 262 g/mol. The Hall–Kier alpha value is -1.81. The first-order valence-electron chi connectivity index (χ1n) is 7.85. The van der Waals surface area contributed by atoms with Crippen LogP contribution in [0.1, 0.15) is 24.8 Å². The second-order valence-corrected chi connectivity index (χ2v) is 5.86. The quantitative estimate of drug-likeness (QED) is 0.789. The van der Waals surface area contributed by atoms with E-state index in [0.29, 0.717) is 18.9 Å². The third kappa shape index (κ3) is 3.64. The number of hydrogen-bond acceptors (Lipinski definition) is 2. The molecule has 0 atom stereocenters. The van der Waals surface area contributed by atoms with Crippen molar-refractivity contribution in [3.05, 3.63) is 36.0 Å². The fraction of sp³-hybridized carbons (Fsp3) is 0.471. The summed E-state index contributed by atoms with van der Waals surface area (Å²) in [4.78, 5) is 15.2. The molecule has 0 unspecified atom stereocenters. The van der Waals surface area contributed by atoms with E-state index in [1.807, 2.05) is 12.3 Å². The number of fused-ring (bicyclic) bond motifs is 1. The van der Waals surface area contributed by atoms with E-state index < -0.39 is 0 Å². The average Bonchev–Trinajstić information content (AvgIpc) is 2.92. The van der Waals surface area contributed by atoms with E-state index in [4.69, 9.17) is 0 Å². The van der Waals surface area contributed by atoms with Crippen LogP contribution < -0.4 is 10.6 Å². The number of aromatic amines is 1. The zero-order valence-electron chi connectivity index (χ0n) is 12.3. The van der Waals surface area contributed by atoms with Crippen molar-refractivity contribution in [2.24, 2.45) is 5.92 Å². The molecule has 112 valence electrons. The van der Waals surface area contributed by atoms with Crippen molar-refractivity contribution < 1.29 is 4.79 Å². The molecule has 3 N–H and O–H groups in total. The van der Waals surface area contributed by atoms with Crippen molar-refractivity contribution in [2.75, 3.05) is 19.6 Å². The molecule has 4 heteroatoms. The van der Waals surface area contributed by atoms with Gasteiger partial charge in [0.15, 0.2) is 0 Å². The number of para-hydroxylation sites is 1. The highest BCUT2D eigenvalue weighted by molar-refractivity contribution is 5.83. The van der Waals surface area contributed by atoms with Crippen molar-refractivity contribution in [1.29, 1.82) is 0 Å². The normalized spacial score (nSPS) is 16.2. The summed E-state index contributed by atoms with van der Waals surface area (Å²) in [7, 11) is 0. The fourth-order valence-corrected chi connectivity index (χ4v) is 3.10. The van der Waals surface area contributed by atoms with E-state index in [2.05, 4.69) is 33.8 Å². The molecule has 2 aromatic rings. The third-order valence-electron chi connectivity index (χ3n) is 4.32. The van der Waals surface area contributed by atoms with Crippen LogP contribution in [0.3, 0.4) is 0 Å². The first-order valence-corrected chi connectivity index (χ1v) is 7.85. The zero-order chi connectivity index (χ0) is 14.5. The lowest BCUT2D eigenvalue weighted by Crippen LogP contribution is -2.32. The van der Waals surface area contributed by atoms with Crippen molar-refractivity contribution >= 4 is 16.8 Å². The van der Waals surface area contributed by atoms with Gasteiger partial charge in [-0.05, 0) is 49.9 Å². The molecule has 1 fully saturated rings. The number of benzene rings is 1. The summed E-state index contributed by atoms with van der Waals surface area (Å²) in [5.74, 6) is 0.751. The maximum atomic E-state index is 12.0. The Morgan fingerprint density at radius 3 is 2.90 bits per heavy atom. The summed E-state index contributed by atoms with van der Waals surface area (Å²) in [5, 5.41) is 7.65. The highest BCUT2D eigenvalue weighted by Gasteiger charge is 2.16. The molecule has 21 heavy (non-hydrogen) atoms. The van der Waals surface area contributed by atoms with Crippen LogP contribution in [0.4, 0.5) is 0 Å². The molecule has 1 aromatic carbocycles. The molecule has 0 radical (unpaired) electrons. The highest BCUT2D eigenvalue weighted by Crippen LogP contribution is 2.18. The van der Waals surface area contributed by atoms with Crippen LogP contribution in [0, 0.1) is 5.92 Å². The first kappa shape index (κ1) is 14.1. The van der Waals surface area contributed by atoms with E-state index in [0.717, 1.165) is 37.9 Å². The van der Waals surface area contributed by atoms with Crippen molar-refractivity contribution in [2.45, 2.75) is 25.7 Å². The van der Waals surface area contributed by atoms with Gasteiger partial charge < -0.3 is 15.6 Å². The smallest absolute Gasteiger partial charge is 0.220 e. The minimum atomic E-state index is 0.196. The minimum Gasteiger partial charge on any atom is -0.361 e. The number of hydrogen-bond donors (Lipinski definition) is 3. The van der Waals surface area contributed by atoms with Crippen LogP contribution in [0.2, 0.25) is 0 Å². The number of amides is 1. The van der Waals surface area contributed by atoms with Gasteiger partial charge in [0.25, 0.3) is 0 Å². The number of piperidine rings is 1. The van der Waals surface area contributed by atoms with Crippen LogP contribution in [0.5, 0.6) is 0 Å². The Morgan fingerprint density at radius 2 is 2.05 bits per heavy atom. The monoisotopic (exact) mass is 285 g/mol. The molecule has 4 nitrogen and oxygen atoms in total. The van der Waals surface area contributed by atoms with Crippen LogP contribution in [0.25, 0.3) is 10.9 Å². The predicted molar refractivity (Wildman–Crippen MR) is 85.2 cm³/mol. The molecule has 1 aromatic heterocycles. The maximum absolute atomic E-state index is 12.0. The van der Waals surface area contributed by atoms with Gasteiger partial charge >= 0.3 is 0 Å². The number of carbonyl (C=O) groups excluding carboxylic acids is 1. The van der Waals surface area contributed by atoms with E-state index in [-0.39, 0.29) is 5.91 Å². The van der Waals surface area contributed by atoms with Gasteiger partial charge in [0, 0.05) is 30.1 Å². The van der Waals surface area contributed by atoms with Gasteiger partial charge in [0.1, 0.15) is 0 Å². The number of carbonyl (C=O) groups is 1. The number of aromatic nitrogens is 1. The summed E-state index contributed by atoms with van der Waals surface area (Å²) in [6, 6.07) is 8.28. The van der Waals surface area contributed by atoms with Crippen molar-refractivity contribution in [1.82, 2.24) is 15.6 Å². The first-order chi connectivity index (χ1) is 10.3. The molecule has 0 spiro atoms. The molecular formula is C17H23N3O. The molecule has 2 heterocycles. The van der Waals surface area contributed by atoms with Gasteiger partial charge in [-0.3, -0.25) is 4.79 Å². The average molecular weight is 285 g/mol. The number of nitrogens with one attached hydrogen (secondary N) is 3. The molecule has 0 saturated carbocycles. The molecule has 1 amide bonds. The lowest BCUT2D eigenvalue weighted by molar-refractivity contribution is -0.122. The summed E-state index contributed by atoms with van der Waals surface area (Å²) >= 11 is 0. The van der Waals surface area contributed by atoms with Gasteiger partial charge in [-0.25, -0.2) is 0 Å². The fourth-order valence-electron chi connectivity index (χ4n) is 3.10. The van der Waals surface area contributed by atoms with E-state index in [1.165, 1.54) is 10.9 Å².